The summed E-state index contributed by atoms with van der Waals surface area (Å²) in [6.45, 7) is 0.562. The summed E-state index contributed by atoms with van der Waals surface area (Å²) in [6.07, 6.45) is -2.18. The third-order valence-corrected chi connectivity index (χ3v) is 4.96. The third-order valence-electron chi connectivity index (χ3n) is 3.90. The second-order valence-corrected chi connectivity index (χ2v) is 7.04. The molecule has 1 amide bonds. The van der Waals surface area contributed by atoms with E-state index in [0.29, 0.717) is 18.1 Å². The maximum atomic E-state index is 12.5. The van der Waals surface area contributed by atoms with Crippen molar-refractivity contribution in [3.63, 3.8) is 0 Å². The number of hydrogen-bond donors (Lipinski definition) is 2. The van der Waals surface area contributed by atoms with Gasteiger partial charge in [-0.3, -0.25) is 4.79 Å². The number of aromatic nitrogens is 1. The number of halogens is 3. The Balaban J connectivity index is 1.45. The first-order chi connectivity index (χ1) is 13.9. The molecule has 0 saturated heterocycles. The predicted octanol–water partition coefficient (Wildman–Crippen LogP) is 4.83. The van der Waals surface area contributed by atoms with Gasteiger partial charge in [0.2, 0.25) is 0 Å². The van der Waals surface area contributed by atoms with E-state index in [-0.39, 0.29) is 18.2 Å². The van der Waals surface area contributed by atoms with Crippen molar-refractivity contribution in [3.05, 3.63) is 77.9 Å². The van der Waals surface area contributed by atoms with Gasteiger partial charge in [-0.2, -0.15) is 13.2 Å². The quantitative estimate of drug-likeness (QED) is 0.403. The fourth-order valence-corrected chi connectivity index (χ4v) is 3.34. The summed E-state index contributed by atoms with van der Waals surface area (Å²) >= 11 is 1.60. The van der Waals surface area contributed by atoms with Crippen molar-refractivity contribution in [2.24, 2.45) is 0 Å². The third kappa shape index (κ3) is 6.02. The molecule has 0 aliphatic heterocycles. The molecule has 5 nitrogen and oxygen atoms in total. The molecule has 0 bridgehead atoms. The molecular formula is C20H18F3N3O2S. The normalized spacial score (nSPS) is 11.3. The van der Waals surface area contributed by atoms with Crippen molar-refractivity contribution in [3.8, 4) is 0 Å². The van der Waals surface area contributed by atoms with E-state index >= 15 is 0 Å². The highest BCUT2D eigenvalue weighted by atomic mass is 32.2. The second kappa shape index (κ2) is 9.51. The van der Waals surface area contributed by atoms with Gasteiger partial charge in [-0.1, -0.05) is 18.2 Å². The molecule has 0 spiro atoms. The highest BCUT2D eigenvalue weighted by Gasteiger charge is 2.30. The number of nitrogens with zero attached hydrogens (tertiary/aromatic N) is 1. The molecule has 152 valence electrons. The Labute approximate surface area is 169 Å². The fourth-order valence-electron chi connectivity index (χ4n) is 2.44. The molecule has 3 aromatic rings. The zero-order valence-electron chi connectivity index (χ0n) is 15.2. The molecule has 2 aromatic heterocycles. The van der Waals surface area contributed by atoms with Gasteiger partial charge in [-0.25, -0.2) is 4.98 Å². The molecule has 0 saturated carbocycles. The van der Waals surface area contributed by atoms with E-state index in [2.05, 4.69) is 15.6 Å². The summed E-state index contributed by atoms with van der Waals surface area (Å²) in [5, 5.41) is 5.57. The topological polar surface area (TPSA) is 67.2 Å². The molecule has 1 aromatic carbocycles. The van der Waals surface area contributed by atoms with E-state index in [0.717, 1.165) is 22.7 Å². The van der Waals surface area contributed by atoms with Gasteiger partial charge in [0.15, 0.2) is 5.76 Å². The lowest BCUT2D eigenvalue weighted by molar-refractivity contribution is -0.137. The summed E-state index contributed by atoms with van der Waals surface area (Å²) in [5.74, 6) is 0.795. The number of rotatable bonds is 8. The number of alkyl halides is 3. The number of carbonyl (C=O) groups excluding carboxylic acids is 1. The van der Waals surface area contributed by atoms with E-state index in [1.54, 1.807) is 17.8 Å². The van der Waals surface area contributed by atoms with Gasteiger partial charge in [-0.05, 0) is 30.3 Å². The molecule has 2 N–H and O–H groups in total. The van der Waals surface area contributed by atoms with Crippen LogP contribution in [0.2, 0.25) is 0 Å². The van der Waals surface area contributed by atoms with Crippen LogP contribution in [0, 0.1) is 0 Å². The van der Waals surface area contributed by atoms with Crippen molar-refractivity contribution in [1.82, 2.24) is 10.3 Å². The number of benzene rings is 1. The lowest BCUT2D eigenvalue weighted by Crippen LogP contribution is -2.29. The number of hydrogen-bond acceptors (Lipinski definition) is 5. The minimum absolute atomic E-state index is 0.251. The zero-order valence-corrected chi connectivity index (χ0v) is 16.0. The van der Waals surface area contributed by atoms with Crippen LogP contribution in [0.5, 0.6) is 0 Å². The average molecular weight is 421 g/mol. The number of amides is 1. The number of anilines is 1. The first kappa shape index (κ1) is 20.8. The van der Waals surface area contributed by atoms with Crippen molar-refractivity contribution in [1.29, 1.82) is 0 Å². The number of thioether (sulfide) groups is 1. The van der Waals surface area contributed by atoms with Crippen molar-refractivity contribution in [2.45, 2.75) is 16.8 Å². The highest BCUT2D eigenvalue weighted by molar-refractivity contribution is 7.98. The average Bonchev–Trinajstić information content (AvgIpc) is 3.19. The summed E-state index contributed by atoms with van der Waals surface area (Å²) in [4.78, 5) is 17.1. The molecule has 0 fully saturated rings. The van der Waals surface area contributed by atoms with E-state index in [1.807, 2.05) is 30.3 Å². The van der Waals surface area contributed by atoms with Crippen molar-refractivity contribution >= 4 is 23.5 Å². The Bertz CT molecular complexity index is 928. The Morgan fingerprint density at radius 3 is 2.55 bits per heavy atom. The van der Waals surface area contributed by atoms with Gasteiger partial charge in [0.1, 0.15) is 5.82 Å². The monoisotopic (exact) mass is 421 g/mol. The van der Waals surface area contributed by atoms with Gasteiger partial charge in [-0.15, -0.1) is 11.8 Å². The Hall–Kier alpha value is -2.94. The molecule has 0 aliphatic rings. The Morgan fingerprint density at radius 1 is 1.07 bits per heavy atom. The maximum absolute atomic E-state index is 12.5. The van der Waals surface area contributed by atoms with Crippen molar-refractivity contribution in [2.75, 3.05) is 18.4 Å². The molecule has 29 heavy (non-hydrogen) atoms. The SMILES string of the molecule is O=C(NCCNc1ccc(C(F)(F)F)cn1)c1occc1CSc1ccccc1. The van der Waals surface area contributed by atoms with Crippen LogP contribution < -0.4 is 10.6 Å². The van der Waals surface area contributed by atoms with Gasteiger partial charge in [0, 0.05) is 35.5 Å². The second-order valence-electron chi connectivity index (χ2n) is 5.99. The van der Waals surface area contributed by atoms with Crippen LogP contribution in [-0.2, 0) is 11.9 Å². The van der Waals surface area contributed by atoms with Gasteiger partial charge < -0.3 is 15.1 Å². The van der Waals surface area contributed by atoms with Crippen LogP contribution in [0.15, 0.2) is 70.3 Å². The molecule has 0 atom stereocenters. The van der Waals surface area contributed by atoms with Gasteiger partial charge in [0.05, 0.1) is 11.8 Å². The summed E-state index contributed by atoms with van der Waals surface area (Å²) in [6, 6.07) is 13.8. The van der Waals surface area contributed by atoms with Crippen LogP contribution in [0.1, 0.15) is 21.7 Å². The fraction of sp³-hybridized carbons (Fsp3) is 0.200. The smallest absolute Gasteiger partial charge is 0.417 e. The first-order valence-electron chi connectivity index (χ1n) is 8.73. The lowest BCUT2D eigenvalue weighted by atomic mass is 10.2. The van der Waals surface area contributed by atoms with Crippen LogP contribution in [0.25, 0.3) is 0 Å². The van der Waals surface area contributed by atoms with Crippen LogP contribution in [0.4, 0.5) is 19.0 Å². The minimum atomic E-state index is -4.42. The maximum Gasteiger partial charge on any atom is 0.417 e. The van der Waals surface area contributed by atoms with E-state index in [1.165, 1.54) is 12.3 Å². The molecule has 0 unspecified atom stereocenters. The minimum Gasteiger partial charge on any atom is -0.459 e. The Morgan fingerprint density at radius 2 is 1.86 bits per heavy atom. The Kier molecular flexibility index (Phi) is 6.82. The van der Waals surface area contributed by atoms with Gasteiger partial charge >= 0.3 is 6.18 Å². The molecule has 0 aliphatic carbocycles. The van der Waals surface area contributed by atoms with Crippen molar-refractivity contribution < 1.29 is 22.4 Å². The van der Waals surface area contributed by atoms with Crippen LogP contribution in [0.3, 0.4) is 0 Å². The molecular weight excluding hydrogens is 403 g/mol. The highest BCUT2D eigenvalue weighted by Crippen LogP contribution is 2.28. The number of nitrogens with one attached hydrogen (secondary N) is 2. The molecule has 0 radical (unpaired) electrons. The lowest BCUT2D eigenvalue weighted by Gasteiger charge is -2.09. The van der Waals surface area contributed by atoms with E-state index < -0.39 is 11.7 Å². The summed E-state index contributed by atoms with van der Waals surface area (Å²) in [5.41, 5.74) is -0.0243. The van der Waals surface area contributed by atoms with Gasteiger partial charge in [0.25, 0.3) is 5.91 Å². The molecule has 3 rings (SSSR count). The zero-order chi connectivity index (χ0) is 20.7. The van der Waals surface area contributed by atoms with E-state index in [9.17, 15) is 18.0 Å². The summed E-state index contributed by atoms with van der Waals surface area (Å²) in [7, 11) is 0. The predicted molar refractivity (Wildman–Crippen MR) is 105 cm³/mol. The number of pyridine rings is 1. The van der Waals surface area contributed by atoms with Crippen LogP contribution in [-0.4, -0.2) is 24.0 Å². The largest absolute Gasteiger partial charge is 0.459 e. The summed E-state index contributed by atoms with van der Waals surface area (Å²) < 4.78 is 42.9. The molecule has 9 heteroatoms. The van der Waals surface area contributed by atoms with Crippen LogP contribution >= 0.6 is 11.8 Å². The standard InChI is InChI=1S/C20H18F3N3O2S/c21-20(22,23)15-6-7-17(26-12-15)24-9-10-25-19(27)18-14(8-11-28-18)13-29-16-4-2-1-3-5-16/h1-8,11-12H,9-10,13H2,(H,24,26)(H,25,27). The number of furan rings is 1. The first-order valence-corrected chi connectivity index (χ1v) is 9.71. The number of carbonyl (C=O) groups is 1. The molecule has 2 heterocycles. The van der Waals surface area contributed by atoms with E-state index in [4.69, 9.17) is 4.42 Å².